The van der Waals surface area contributed by atoms with Crippen LogP contribution >= 0.6 is 0 Å². The second-order valence-corrected chi connectivity index (χ2v) is 5.51. The molecular formula is C19H21N3O5. The van der Waals surface area contributed by atoms with Gasteiger partial charge in [0.25, 0.3) is 0 Å². The predicted molar refractivity (Wildman–Crippen MR) is 98.3 cm³/mol. The van der Waals surface area contributed by atoms with Crippen molar-refractivity contribution in [3.05, 3.63) is 48.3 Å². The van der Waals surface area contributed by atoms with Crippen LogP contribution in [0.25, 0.3) is 5.69 Å². The highest BCUT2D eigenvalue weighted by Gasteiger charge is 2.15. The molecule has 0 radical (unpaired) electrons. The second-order valence-electron chi connectivity index (χ2n) is 5.51. The van der Waals surface area contributed by atoms with Crippen LogP contribution < -0.4 is 23.7 Å². The number of rotatable bonds is 8. The molecule has 0 aliphatic heterocycles. The van der Waals surface area contributed by atoms with Gasteiger partial charge in [0, 0.05) is 18.2 Å². The van der Waals surface area contributed by atoms with E-state index in [0.29, 0.717) is 28.7 Å². The maximum Gasteiger partial charge on any atom is 0.203 e. The summed E-state index contributed by atoms with van der Waals surface area (Å²) in [5.74, 6) is 3.02. The molecule has 0 N–H and O–H groups in total. The fourth-order valence-corrected chi connectivity index (χ4v) is 2.54. The Kier molecular flexibility index (Phi) is 5.65. The molecule has 8 heteroatoms. The smallest absolute Gasteiger partial charge is 0.203 e. The van der Waals surface area contributed by atoms with Gasteiger partial charge in [-0.2, -0.15) is 0 Å². The van der Waals surface area contributed by atoms with Crippen LogP contribution in [0.1, 0.15) is 5.69 Å². The third-order valence-electron chi connectivity index (χ3n) is 3.88. The van der Waals surface area contributed by atoms with Crippen molar-refractivity contribution in [2.45, 2.75) is 6.61 Å². The Hall–Kier alpha value is -3.42. The van der Waals surface area contributed by atoms with E-state index in [0.717, 1.165) is 11.4 Å². The fraction of sp³-hybridized carbons (Fsp3) is 0.263. The van der Waals surface area contributed by atoms with Gasteiger partial charge in [0.2, 0.25) is 5.75 Å². The number of nitrogens with zero attached hydrogens (tertiary/aromatic N) is 3. The number of methoxy groups -OCH3 is 4. The zero-order chi connectivity index (χ0) is 19.2. The predicted octanol–water partition coefficient (Wildman–Crippen LogP) is 2.88. The molecule has 27 heavy (non-hydrogen) atoms. The highest BCUT2D eigenvalue weighted by atomic mass is 16.5. The summed E-state index contributed by atoms with van der Waals surface area (Å²) in [4.78, 5) is 0. The average molecular weight is 371 g/mol. The van der Waals surface area contributed by atoms with Crippen molar-refractivity contribution in [3.63, 3.8) is 0 Å². The largest absolute Gasteiger partial charge is 0.497 e. The molecule has 1 heterocycles. The Morgan fingerprint density at radius 2 is 1.56 bits per heavy atom. The summed E-state index contributed by atoms with van der Waals surface area (Å²) in [5, 5.41) is 8.30. The minimum absolute atomic E-state index is 0.275. The van der Waals surface area contributed by atoms with E-state index < -0.39 is 0 Å². The Morgan fingerprint density at radius 3 is 2.19 bits per heavy atom. The Labute approximate surface area is 157 Å². The van der Waals surface area contributed by atoms with Gasteiger partial charge in [-0.1, -0.05) is 11.3 Å². The molecule has 0 aliphatic rings. The molecule has 3 rings (SSSR count). The summed E-state index contributed by atoms with van der Waals surface area (Å²) < 4.78 is 28.6. The van der Waals surface area contributed by atoms with E-state index in [1.54, 1.807) is 51.5 Å². The van der Waals surface area contributed by atoms with Crippen LogP contribution in [-0.4, -0.2) is 43.4 Å². The Bertz CT molecular complexity index is 885. The highest BCUT2D eigenvalue weighted by Crippen LogP contribution is 2.39. The van der Waals surface area contributed by atoms with E-state index in [4.69, 9.17) is 23.7 Å². The summed E-state index contributed by atoms with van der Waals surface area (Å²) in [5.41, 5.74) is 1.40. The van der Waals surface area contributed by atoms with E-state index in [9.17, 15) is 0 Å². The van der Waals surface area contributed by atoms with Gasteiger partial charge in [-0.05, 0) is 12.1 Å². The standard InChI is InChI=1S/C19H21N3O5/c1-23-15-6-5-7-16(10-15)27-12-13-11-22(21-20-13)14-8-17(24-2)19(26-4)18(9-14)25-3/h5-11H,12H2,1-4H3. The second kappa shape index (κ2) is 8.31. The van der Waals surface area contributed by atoms with E-state index >= 15 is 0 Å². The van der Waals surface area contributed by atoms with Gasteiger partial charge in [0.05, 0.1) is 40.3 Å². The lowest BCUT2D eigenvalue weighted by molar-refractivity contribution is 0.299. The first-order valence-corrected chi connectivity index (χ1v) is 8.17. The summed E-state index contributed by atoms with van der Waals surface area (Å²) in [6, 6.07) is 11.0. The minimum atomic E-state index is 0.275. The molecule has 0 saturated carbocycles. The van der Waals surface area contributed by atoms with E-state index in [1.807, 2.05) is 24.3 Å². The zero-order valence-electron chi connectivity index (χ0n) is 15.6. The van der Waals surface area contributed by atoms with Crippen LogP contribution in [0.5, 0.6) is 28.7 Å². The van der Waals surface area contributed by atoms with Gasteiger partial charge in [-0.15, -0.1) is 5.10 Å². The first kappa shape index (κ1) is 18.4. The molecule has 0 aliphatic carbocycles. The maximum absolute atomic E-state index is 5.74. The SMILES string of the molecule is COc1cccc(OCc2cn(-c3cc(OC)c(OC)c(OC)c3)nn2)c1. The molecule has 0 atom stereocenters. The molecule has 0 unspecified atom stereocenters. The molecule has 2 aromatic carbocycles. The van der Waals surface area contributed by atoms with E-state index in [2.05, 4.69) is 10.3 Å². The van der Waals surface area contributed by atoms with Crippen LogP contribution in [0.2, 0.25) is 0 Å². The number of hydrogen-bond donors (Lipinski definition) is 0. The van der Waals surface area contributed by atoms with Crippen LogP contribution in [0.4, 0.5) is 0 Å². The lowest BCUT2D eigenvalue weighted by Crippen LogP contribution is -2.00. The summed E-state index contributed by atoms with van der Waals surface area (Å²) in [7, 11) is 6.30. The van der Waals surface area contributed by atoms with Crippen molar-refractivity contribution < 1.29 is 23.7 Å². The van der Waals surface area contributed by atoms with Gasteiger partial charge in [0.1, 0.15) is 23.8 Å². The van der Waals surface area contributed by atoms with Gasteiger partial charge in [-0.25, -0.2) is 4.68 Å². The van der Waals surface area contributed by atoms with Crippen molar-refractivity contribution in [1.29, 1.82) is 0 Å². The summed E-state index contributed by atoms with van der Waals surface area (Å²) in [6.45, 7) is 0.275. The van der Waals surface area contributed by atoms with Crippen LogP contribution in [0.15, 0.2) is 42.6 Å². The van der Waals surface area contributed by atoms with Crippen LogP contribution in [-0.2, 0) is 6.61 Å². The molecule has 0 spiro atoms. The third kappa shape index (κ3) is 4.05. The minimum Gasteiger partial charge on any atom is -0.497 e. The molecule has 142 valence electrons. The molecule has 0 fully saturated rings. The van der Waals surface area contributed by atoms with Gasteiger partial charge in [0.15, 0.2) is 11.5 Å². The van der Waals surface area contributed by atoms with Crippen molar-refractivity contribution in [3.8, 4) is 34.4 Å². The summed E-state index contributed by atoms with van der Waals surface area (Å²) >= 11 is 0. The Morgan fingerprint density at radius 1 is 0.852 bits per heavy atom. The van der Waals surface area contributed by atoms with Crippen LogP contribution in [0.3, 0.4) is 0 Å². The van der Waals surface area contributed by atoms with Crippen molar-refractivity contribution in [2.24, 2.45) is 0 Å². The van der Waals surface area contributed by atoms with E-state index in [-0.39, 0.29) is 6.61 Å². The van der Waals surface area contributed by atoms with Gasteiger partial charge >= 0.3 is 0 Å². The molecule has 8 nitrogen and oxygen atoms in total. The summed E-state index contributed by atoms with van der Waals surface area (Å²) in [6.07, 6.45) is 1.78. The monoisotopic (exact) mass is 371 g/mol. The zero-order valence-corrected chi connectivity index (χ0v) is 15.6. The fourth-order valence-electron chi connectivity index (χ4n) is 2.54. The lowest BCUT2D eigenvalue weighted by atomic mass is 10.2. The number of benzene rings is 2. The quantitative estimate of drug-likeness (QED) is 0.602. The molecular weight excluding hydrogens is 350 g/mol. The first-order valence-electron chi connectivity index (χ1n) is 8.17. The molecule has 0 bridgehead atoms. The van der Waals surface area contributed by atoms with Crippen LogP contribution in [0, 0.1) is 0 Å². The molecule has 1 aromatic heterocycles. The van der Waals surface area contributed by atoms with Crippen molar-refractivity contribution in [1.82, 2.24) is 15.0 Å². The third-order valence-corrected chi connectivity index (χ3v) is 3.88. The maximum atomic E-state index is 5.74. The normalized spacial score (nSPS) is 10.4. The molecule has 3 aromatic rings. The molecule has 0 amide bonds. The lowest BCUT2D eigenvalue weighted by Gasteiger charge is -2.13. The highest BCUT2D eigenvalue weighted by molar-refractivity contribution is 5.58. The first-order chi connectivity index (χ1) is 13.2. The molecule has 0 saturated heterocycles. The average Bonchev–Trinajstić information content (AvgIpc) is 3.20. The van der Waals surface area contributed by atoms with E-state index in [1.165, 1.54) is 0 Å². The number of hydrogen-bond acceptors (Lipinski definition) is 7. The van der Waals surface area contributed by atoms with Gasteiger partial charge < -0.3 is 23.7 Å². The topological polar surface area (TPSA) is 76.9 Å². The van der Waals surface area contributed by atoms with Gasteiger partial charge in [-0.3, -0.25) is 0 Å². The number of aromatic nitrogens is 3. The number of ether oxygens (including phenoxy) is 5. The van der Waals surface area contributed by atoms with Crippen molar-refractivity contribution in [2.75, 3.05) is 28.4 Å². The Balaban J connectivity index is 1.79. The van der Waals surface area contributed by atoms with Crippen molar-refractivity contribution >= 4 is 0 Å².